The van der Waals surface area contributed by atoms with Gasteiger partial charge in [0.25, 0.3) is 0 Å². The third-order valence-corrected chi connectivity index (χ3v) is 5.07. The van der Waals surface area contributed by atoms with Crippen LogP contribution in [0.15, 0.2) is 48.7 Å². The number of aromatic nitrogens is 2. The third kappa shape index (κ3) is 2.76. The van der Waals surface area contributed by atoms with Crippen LogP contribution in [0.3, 0.4) is 0 Å². The molecule has 2 aromatic carbocycles. The number of phenolic OH excluding ortho intramolecular Hbond substituents is 1. The van der Waals surface area contributed by atoms with Crippen LogP contribution in [0.2, 0.25) is 5.02 Å². The molecule has 0 saturated carbocycles. The van der Waals surface area contributed by atoms with E-state index in [1.165, 1.54) is 12.1 Å². The summed E-state index contributed by atoms with van der Waals surface area (Å²) in [7, 11) is 0. The first-order chi connectivity index (χ1) is 13.0. The number of carbonyl (C=O) groups is 1. The van der Waals surface area contributed by atoms with Crippen molar-refractivity contribution in [1.29, 1.82) is 0 Å². The fourth-order valence-electron chi connectivity index (χ4n) is 3.59. The van der Waals surface area contributed by atoms with Gasteiger partial charge in [0, 0.05) is 33.8 Å². The molecule has 27 heavy (non-hydrogen) atoms. The zero-order chi connectivity index (χ0) is 19.1. The topological polar surface area (TPSA) is 89.1 Å². The van der Waals surface area contributed by atoms with Crippen molar-refractivity contribution in [3.8, 4) is 28.1 Å². The molecular weight excluding hydrogens is 364 g/mol. The van der Waals surface area contributed by atoms with E-state index in [9.17, 15) is 15.0 Å². The first-order valence-electron chi connectivity index (χ1n) is 8.54. The normalized spacial score (nSPS) is 11.2. The Labute approximate surface area is 160 Å². The molecule has 0 radical (unpaired) electrons. The highest BCUT2D eigenvalue weighted by molar-refractivity contribution is 6.33. The van der Waals surface area contributed by atoms with Crippen LogP contribution in [-0.4, -0.2) is 26.2 Å². The molecule has 2 aromatic heterocycles. The van der Waals surface area contributed by atoms with E-state index < -0.39 is 5.97 Å². The molecule has 0 saturated heterocycles. The van der Waals surface area contributed by atoms with Gasteiger partial charge in [-0.05, 0) is 42.3 Å². The molecule has 4 rings (SSSR count). The van der Waals surface area contributed by atoms with Gasteiger partial charge in [0.1, 0.15) is 11.4 Å². The van der Waals surface area contributed by atoms with Crippen molar-refractivity contribution in [2.45, 2.75) is 13.3 Å². The number of aromatic carboxylic acids is 1. The lowest BCUT2D eigenvalue weighted by molar-refractivity contribution is 0.0692. The second kappa shape index (κ2) is 6.52. The van der Waals surface area contributed by atoms with Crippen LogP contribution in [0.5, 0.6) is 5.75 Å². The maximum Gasteiger partial charge on any atom is 0.352 e. The summed E-state index contributed by atoms with van der Waals surface area (Å²) in [5, 5.41) is 20.8. The van der Waals surface area contributed by atoms with Crippen LogP contribution >= 0.6 is 11.6 Å². The van der Waals surface area contributed by atoms with Gasteiger partial charge in [-0.25, -0.2) is 4.79 Å². The number of benzene rings is 2. The molecule has 5 nitrogen and oxygen atoms in total. The Morgan fingerprint density at radius 1 is 1.15 bits per heavy atom. The van der Waals surface area contributed by atoms with Gasteiger partial charge in [-0.1, -0.05) is 30.7 Å². The molecule has 0 aliphatic carbocycles. The molecule has 0 amide bonds. The molecule has 4 aromatic rings. The van der Waals surface area contributed by atoms with Gasteiger partial charge in [0.15, 0.2) is 0 Å². The molecule has 6 heteroatoms. The largest absolute Gasteiger partial charge is 0.508 e. The van der Waals surface area contributed by atoms with Crippen molar-refractivity contribution in [3.05, 3.63) is 64.9 Å². The molecule has 0 spiro atoms. The van der Waals surface area contributed by atoms with Gasteiger partial charge in [-0.3, -0.25) is 0 Å². The van der Waals surface area contributed by atoms with E-state index in [-0.39, 0.29) is 11.4 Å². The Kier molecular flexibility index (Phi) is 4.16. The van der Waals surface area contributed by atoms with E-state index in [0.29, 0.717) is 22.6 Å². The Morgan fingerprint density at radius 2 is 1.96 bits per heavy atom. The molecular formula is C21H17ClN2O3. The number of aromatic amines is 2. The standard InChI is InChI=1S/C21H17ClN2O3/c1-2-12-18(15-7-6-11(25)10-16(15)22)20(21(26)27)24-19(12)14-4-3-5-17-13(14)8-9-23-17/h3-10,23-25H,2H2,1H3,(H,26,27). The SMILES string of the molecule is CCc1c(-c2cccc3[nH]ccc23)[nH]c(C(=O)O)c1-c1ccc(O)cc1Cl. The fourth-order valence-corrected chi connectivity index (χ4v) is 3.86. The zero-order valence-corrected chi connectivity index (χ0v) is 15.3. The molecule has 0 aliphatic rings. The van der Waals surface area contributed by atoms with Crippen molar-refractivity contribution in [2.75, 3.05) is 0 Å². The van der Waals surface area contributed by atoms with Crippen molar-refractivity contribution >= 4 is 28.5 Å². The smallest absolute Gasteiger partial charge is 0.352 e. The van der Waals surface area contributed by atoms with E-state index in [2.05, 4.69) is 9.97 Å². The summed E-state index contributed by atoms with van der Waals surface area (Å²) in [6.07, 6.45) is 2.48. The molecule has 0 unspecified atom stereocenters. The van der Waals surface area contributed by atoms with Gasteiger partial charge < -0.3 is 20.2 Å². The predicted molar refractivity (Wildman–Crippen MR) is 107 cm³/mol. The Balaban J connectivity index is 2.06. The predicted octanol–water partition coefficient (Wildman–Crippen LogP) is 5.45. The molecule has 4 N–H and O–H groups in total. The second-order valence-electron chi connectivity index (χ2n) is 6.30. The maximum atomic E-state index is 12.0. The molecule has 136 valence electrons. The van der Waals surface area contributed by atoms with E-state index in [0.717, 1.165) is 27.7 Å². The van der Waals surface area contributed by atoms with Gasteiger partial charge >= 0.3 is 5.97 Å². The van der Waals surface area contributed by atoms with Crippen LogP contribution in [0.4, 0.5) is 0 Å². The lowest BCUT2D eigenvalue weighted by atomic mass is 9.95. The van der Waals surface area contributed by atoms with Gasteiger partial charge in [0.2, 0.25) is 0 Å². The summed E-state index contributed by atoms with van der Waals surface area (Å²) >= 11 is 6.33. The van der Waals surface area contributed by atoms with Crippen LogP contribution in [-0.2, 0) is 6.42 Å². The summed E-state index contributed by atoms with van der Waals surface area (Å²) in [6, 6.07) is 12.4. The molecule has 2 heterocycles. The quantitative estimate of drug-likeness (QED) is 0.379. The Morgan fingerprint density at radius 3 is 2.67 bits per heavy atom. The summed E-state index contributed by atoms with van der Waals surface area (Å²) < 4.78 is 0. The number of phenols is 1. The average Bonchev–Trinajstić information content (AvgIpc) is 3.25. The first kappa shape index (κ1) is 17.2. The van der Waals surface area contributed by atoms with Crippen LogP contribution < -0.4 is 0 Å². The van der Waals surface area contributed by atoms with E-state index in [1.54, 1.807) is 6.07 Å². The molecule has 0 aliphatic heterocycles. The number of carboxylic acids is 1. The van der Waals surface area contributed by atoms with Crippen molar-refractivity contribution in [3.63, 3.8) is 0 Å². The number of hydrogen-bond acceptors (Lipinski definition) is 2. The minimum Gasteiger partial charge on any atom is -0.508 e. The number of nitrogens with one attached hydrogen (secondary N) is 2. The monoisotopic (exact) mass is 380 g/mol. The number of aromatic hydroxyl groups is 1. The van der Waals surface area contributed by atoms with Crippen molar-refractivity contribution < 1.29 is 15.0 Å². The average molecular weight is 381 g/mol. The number of hydrogen-bond donors (Lipinski definition) is 4. The Bertz CT molecular complexity index is 1170. The van der Waals surface area contributed by atoms with Crippen LogP contribution in [0.1, 0.15) is 23.0 Å². The highest BCUT2D eigenvalue weighted by Gasteiger charge is 2.25. The number of carboxylic acid groups (broad SMARTS) is 1. The van der Waals surface area contributed by atoms with E-state index in [1.807, 2.05) is 37.4 Å². The van der Waals surface area contributed by atoms with Gasteiger partial charge in [-0.2, -0.15) is 0 Å². The highest BCUT2D eigenvalue weighted by atomic mass is 35.5. The second-order valence-corrected chi connectivity index (χ2v) is 6.70. The lowest BCUT2D eigenvalue weighted by Gasteiger charge is -2.09. The molecule has 0 bridgehead atoms. The number of H-pyrrole nitrogens is 2. The third-order valence-electron chi connectivity index (χ3n) is 4.76. The number of rotatable bonds is 4. The van der Waals surface area contributed by atoms with Gasteiger partial charge in [0.05, 0.1) is 10.7 Å². The van der Waals surface area contributed by atoms with Crippen molar-refractivity contribution in [1.82, 2.24) is 9.97 Å². The van der Waals surface area contributed by atoms with Crippen LogP contribution in [0, 0.1) is 0 Å². The zero-order valence-electron chi connectivity index (χ0n) is 14.5. The molecule has 0 atom stereocenters. The van der Waals surface area contributed by atoms with Crippen LogP contribution in [0.25, 0.3) is 33.3 Å². The minimum absolute atomic E-state index is 0.0338. The highest BCUT2D eigenvalue weighted by Crippen LogP contribution is 2.41. The number of halogens is 1. The fraction of sp³-hybridized carbons (Fsp3) is 0.0952. The summed E-state index contributed by atoms with van der Waals surface area (Å²) in [5.41, 5.74) is 4.75. The minimum atomic E-state index is -1.06. The summed E-state index contributed by atoms with van der Waals surface area (Å²) in [6.45, 7) is 1.98. The van der Waals surface area contributed by atoms with Gasteiger partial charge in [-0.15, -0.1) is 0 Å². The number of fused-ring (bicyclic) bond motifs is 1. The first-order valence-corrected chi connectivity index (χ1v) is 8.92. The lowest BCUT2D eigenvalue weighted by Crippen LogP contribution is -1.99. The maximum absolute atomic E-state index is 12.0. The van der Waals surface area contributed by atoms with E-state index in [4.69, 9.17) is 11.6 Å². The van der Waals surface area contributed by atoms with E-state index >= 15 is 0 Å². The molecule has 0 fully saturated rings. The summed E-state index contributed by atoms with van der Waals surface area (Å²) in [4.78, 5) is 18.3. The Hall–Kier alpha value is -3.18. The van der Waals surface area contributed by atoms with Crippen molar-refractivity contribution in [2.24, 2.45) is 0 Å². The summed E-state index contributed by atoms with van der Waals surface area (Å²) in [5.74, 6) is -1.03.